The third-order valence-electron chi connectivity index (χ3n) is 6.36. The highest BCUT2D eigenvalue weighted by Gasteiger charge is 2.63. The van der Waals surface area contributed by atoms with Crippen LogP contribution in [-0.4, -0.2) is 0 Å². The second kappa shape index (κ2) is 5.39. The molecule has 0 aromatic rings. The topological polar surface area (TPSA) is 0 Å². The average Bonchev–Trinajstić information content (AvgIpc) is 2.28. The summed E-state index contributed by atoms with van der Waals surface area (Å²) in [5, 5.41) is 0. The van der Waals surface area contributed by atoms with E-state index < -0.39 is 0 Å². The first kappa shape index (κ1) is 15.8. The molecule has 0 heterocycles. The molecule has 0 bridgehead atoms. The smallest absolute Gasteiger partial charge is 0.0158 e. The summed E-state index contributed by atoms with van der Waals surface area (Å²) >= 11 is 0. The molecule has 3 atom stereocenters. The first-order chi connectivity index (χ1) is 8.21. The molecule has 3 unspecified atom stereocenters. The molecule has 1 aliphatic carbocycles. The lowest BCUT2D eigenvalue weighted by Crippen LogP contribution is -2.63. The molecule has 1 rings (SSSR count). The van der Waals surface area contributed by atoms with Gasteiger partial charge in [-0.1, -0.05) is 66.5 Å². The monoisotopic (exact) mass is 250 g/mol. The Morgan fingerprint density at radius 3 is 2.11 bits per heavy atom. The highest BCUT2D eigenvalue weighted by Crippen LogP contribution is 2.69. The van der Waals surface area contributed by atoms with Crippen molar-refractivity contribution in [3.63, 3.8) is 0 Å². The van der Waals surface area contributed by atoms with Gasteiger partial charge in [-0.15, -0.1) is 0 Å². The van der Waals surface area contributed by atoms with Crippen molar-refractivity contribution in [1.29, 1.82) is 0 Å². The van der Waals surface area contributed by atoms with Gasteiger partial charge < -0.3 is 0 Å². The zero-order chi connectivity index (χ0) is 14.1. The van der Waals surface area contributed by atoms with E-state index in [0.29, 0.717) is 10.8 Å². The minimum absolute atomic E-state index is 0.476. The van der Waals surface area contributed by atoms with Crippen LogP contribution in [0.1, 0.15) is 74.7 Å². The van der Waals surface area contributed by atoms with Gasteiger partial charge in [-0.2, -0.15) is 0 Å². The van der Waals surface area contributed by atoms with Crippen molar-refractivity contribution in [1.82, 2.24) is 0 Å². The molecule has 0 aromatic heterocycles. The van der Waals surface area contributed by atoms with E-state index >= 15 is 0 Å². The van der Waals surface area contributed by atoms with Crippen LogP contribution in [0.2, 0.25) is 0 Å². The summed E-state index contributed by atoms with van der Waals surface area (Å²) in [7, 11) is 0. The largest absolute Gasteiger partial charge is 0.0850 e. The molecule has 0 radical (unpaired) electrons. The van der Waals surface area contributed by atoms with Gasteiger partial charge in [0.25, 0.3) is 0 Å². The minimum Gasteiger partial charge on any atom is -0.0850 e. The van der Waals surface area contributed by atoms with Gasteiger partial charge in [0.1, 0.15) is 0 Å². The van der Waals surface area contributed by atoms with E-state index in [4.69, 9.17) is 0 Å². The van der Waals surface area contributed by atoms with Crippen LogP contribution in [0.25, 0.3) is 0 Å². The van der Waals surface area contributed by atoms with E-state index in [9.17, 15) is 0 Å². The molecule has 1 fully saturated rings. The van der Waals surface area contributed by atoms with Gasteiger partial charge in [0.2, 0.25) is 0 Å². The summed E-state index contributed by atoms with van der Waals surface area (Å²) in [6.45, 7) is 19.3. The lowest BCUT2D eigenvalue weighted by molar-refractivity contribution is -0.200. The Morgan fingerprint density at radius 1 is 1.17 bits per heavy atom. The van der Waals surface area contributed by atoms with Crippen LogP contribution in [0, 0.1) is 28.6 Å². The summed E-state index contributed by atoms with van der Waals surface area (Å²) in [4.78, 5) is 0. The second-order valence-corrected chi connectivity index (χ2v) is 7.50. The lowest BCUT2D eigenvalue weighted by atomic mass is 9.36. The van der Waals surface area contributed by atoms with E-state index in [-0.39, 0.29) is 0 Å². The molecule has 18 heavy (non-hydrogen) atoms. The first-order valence-corrected chi connectivity index (χ1v) is 7.87. The van der Waals surface area contributed by atoms with E-state index in [0.717, 1.165) is 17.8 Å². The predicted molar refractivity (Wildman–Crippen MR) is 82.7 cm³/mol. The fourth-order valence-corrected chi connectivity index (χ4v) is 4.78. The van der Waals surface area contributed by atoms with Gasteiger partial charge in [-0.3, -0.25) is 0 Å². The van der Waals surface area contributed by atoms with Gasteiger partial charge >= 0.3 is 0 Å². The lowest BCUT2D eigenvalue weighted by Gasteiger charge is -2.68. The fraction of sp³-hybridized carbons (Fsp3) is 0.889. The zero-order valence-corrected chi connectivity index (χ0v) is 13.9. The second-order valence-electron chi connectivity index (χ2n) is 7.50. The van der Waals surface area contributed by atoms with Gasteiger partial charge in [0, 0.05) is 0 Å². The van der Waals surface area contributed by atoms with Crippen LogP contribution in [0.5, 0.6) is 0 Å². The SMILES string of the molecule is CCCC(C)=CCC1(C(C)C)C(C)C(C)C1(C)C. The molecule has 1 aliphatic rings. The Hall–Kier alpha value is -0.260. The zero-order valence-electron chi connectivity index (χ0n) is 13.9. The van der Waals surface area contributed by atoms with Crippen LogP contribution in [-0.2, 0) is 0 Å². The molecule has 0 spiro atoms. The van der Waals surface area contributed by atoms with Gasteiger partial charge in [-0.25, -0.2) is 0 Å². The molecule has 0 amide bonds. The number of rotatable bonds is 5. The maximum atomic E-state index is 2.54. The fourth-order valence-electron chi connectivity index (χ4n) is 4.78. The number of hydrogen-bond acceptors (Lipinski definition) is 0. The van der Waals surface area contributed by atoms with Crippen molar-refractivity contribution >= 4 is 0 Å². The van der Waals surface area contributed by atoms with Crippen LogP contribution in [0.15, 0.2) is 11.6 Å². The highest BCUT2D eigenvalue weighted by molar-refractivity contribution is 5.15. The molecule has 0 heteroatoms. The van der Waals surface area contributed by atoms with Crippen LogP contribution in [0.4, 0.5) is 0 Å². The Morgan fingerprint density at radius 2 is 1.72 bits per heavy atom. The Labute approximate surface area is 115 Å². The molecule has 106 valence electrons. The molecule has 0 aliphatic heterocycles. The highest BCUT2D eigenvalue weighted by atomic mass is 14.7. The van der Waals surface area contributed by atoms with Crippen LogP contribution in [0.3, 0.4) is 0 Å². The Bertz CT molecular complexity index is 308. The summed E-state index contributed by atoms with van der Waals surface area (Å²) in [5.41, 5.74) is 2.56. The van der Waals surface area contributed by atoms with Crippen LogP contribution >= 0.6 is 0 Å². The predicted octanol–water partition coefficient (Wildman–Crippen LogP) is 6.08. The normalized spacial score (nSPS) is 35.7. The molecule has 0 nitrogen and oxygen atoms in total. The quantitative estimate of drug-likeness (QED) is 0.519. The average molecular weight is 250 g/mol. The third kappa shape index (κ3) is 2.17. The van der Waals surface area contributed by atoms with Crippen molar-refractivity contribution in [3.8, 4) is 0 Å². The third-order valence-corrected chi connectivity index (χ3v) is 6.36. The summed E-state index contributed by atoms with van der Waals surface area (Å²) in [5.74, 6) is 2.46. The van der Waals surface area contributed by atoms with Crippen LogP contribution < -0.4 is 0 Å². The van der Waals surface area contributed by atoms with Crippen molar-refractivity contribution in [3.05, 3.63) is 11.6 Å². The molecular formula is C18H34. The van der Waals surface area contributed by atoms with E-state index in [2.05, 4.69) is 61.5 Å². The maximum Gasteiger partial charge on any atom is -0.0158 e. The number of allylic oxidation sites excluding steroid dienone is 2. The maximum absolute atomic E-state index is 2.54. The Balaban J connectivity index is 2.94. The van der Waals surface area contributed by atoms with Gasteiger partial charge in [0.15, 0.2) is 0 Å². The molecule has 0 N–H and O–H groups in total. The van der Waals surface area contributed by atoms with E-state index in [1.54, 1.807) is 5.57 Å². The number of hydrogen-bond donors (Lipinski definition) is 0. The van der Waals surface area contributed by atoms with Crippen molar-refractivity contribution in [2.75, 3.05) is 0 Å². The molecule has 0 aromatic carbocycles. The minimum atomic E-state index is 0.476. The van der Waals surface area contributed by atoms with Crippen molar-refractivity contribution in [2.24, 2.45) is 28.6 Å². The standard InChI is InChI=1S/C18H34/c1-9-10-14(4)11-12-18(13(2)3)16(6)15(5)17(18,7)8/h11,13,15-16H,9-10,12H2,1-8H3. The van der Waals surface area contributed by atoms with Gasteiger partial charge in [-0.05, 0) is 48.3 Å². The van der Waals surface area contributed by atoms with Crippen molar-refractivity contribution in [2.45, 2.75) is 74.7 Å². The molecule has 1 saturated carbocycles. The first-order valence-electron chi connectivity index (χ1n) is 7.87. The summed E-state index contributed by atoms with van der Waals surface area (Å²) in [6, 6.07) is 0. The van der Waals surface area contributed by atoms with Crippen molar-refractivity contribution < 1.29 is 0 Å². The summed E-state index contributed by atoms with van der Waals surface area (Å²) < 4.78 is 0. The summed E-state index contributed by atoms with van der Waals surface area (Å²) in [6.07, 6.45) is 6.34. The Kier molecular flexibility index (Phi) is 4.73. The van der Waals surface area contributed by atoms with Gasteiger partial charge in [0.05, 0.1) is 0 Å². The molecule has 0 saturated heterocycles. The van der Waals surface area contributed by atoms with E-state index in [1.807, 2.05) is 0 Å². The van der Waals surface area contributed by atoms with E-state index in [1.165, 1.54) is 19.3 Å². The molecular weight excluding hydrogens is 216 g/mol.